The molecule has 0 amide bonds. The molecule has 2 aromatic carbocycles. The number of allylic oxidation sites excluding steroid dienone is 1. The van der Waals surface area contributed by atoms with Crippen molar-refractivity contribution < 1.29 is 0 Å². The molecule has 6 heteroatoms. The van der Waals surface area contributed by atoms with E-state index in [1.54, 1.807) is 0 Å². The summed E-state index contributed by atoms with van der Waals surface area (Å²) in [5.74, 6) is 3.42. The van der Waals surface area contributed by atoms with Crippen LogP contribution in [0.4, 0.5) is 0 Å². The first-order valence-electron chi connectivity index (χ1n) is 16.0. The number of hydrogen-bond donors (Lipinski definition) is 3. The van der Waals surface area contributed by atoms with Crippen LogP contribution in [0.5, 0.6) is 0 Å². The minimum absolute atomic E-state index is 0.00681. The highest BCUT2D eigenvalue weighted by Crippen LogP contribution is 2.40. The van der Waals surface area contributed by atoms with Crippen molar-refractivity contribution in [3.05, 3.63) is 146 Å². The molecule has 0 bridgehead atoms. The highest BCUT2D eigenvalue weighted by molar-refractivity contribution is 9.10. The highest BCUT2D eigenvalue weighted by Gasteiger charge is 2.30. The molecule has 0 aliphatic carbocycles. The van der Waals surface area contributed by atoms with E-state index in [4.69, 9.17) is 4.99 Å². The Labute approximate surface area is 283 Å². The summed E-state index contributed by atoms with van der Waals surface area (Å²) in [5.41, 5.74) is 16.2. The lowest BCUT2D eigenvalue weighted by Gasteiger charge is -2.19. The normalized spacial score (nSPS) is 16.6. The van der Waals surface area contributed by atoms with Crippen LogP contribution in [-0.4, -0.2) is 28.7 Å². The molecule has 1 aliphatic heterocycles. The van der Waals surface area contributed by atoms with Crippen LogP contribution >= 0.6 is 15.9 Å². The van der Waals surface area contributed by atoms with Gasteiger partial charge in [-0.1, -0.05) is 81.4 Å². The molecule has 6 rings (SSSR count). The number of halogens is 1. The molecule has 2 unspecified atom stereocenters. The predicted molar refractivity (Wildman–Crippen MR) is 199 cm³/mol. The van der Waals surface area contributed by atoms with Gasteiger partial charge in [-0.3, -0.25) is 4.99 Å². The third-order valence-corrected chi connectivity index (χ3v) is 9.95. The third kappa shape index (κ3) is 7.17. The number of aliphatic imine (C=N–C) groups is 1. The number of aromatic amines is 3. The van der Waals surface area contributed by atoms with Gasteiger partial charge in [-0.25, -0.2) is 0 Å². The standard InChI is InChI=1S/C40H43BrN4Si/c1-26-8-12-29(13-9-26)38(32-17-16-31(43-32)24-36-40(3,4)25-27(2)42-36)33-18-19-34(44-33)39(35-20-21-37(41)45-35)30-14-10-28(11-15-30)22-23-46(5,6)7/h8-21,24,38-39,43-45H,25H2,1-7H3/b36-24-. The van der Waals surface area contributed by atoms with Gasteiger partial charge >= 0.3 is 0 Å². The van der Waals surface area contributed by atoms with Crippen molar-refractivity contribution in [2.24, 2.45) is 10.4 Å². The zero-order chi connectivity index (χ0) is 32.6. The molecule has 46 heavy (non-hydrogen) atoms. The second-order valence-electron chi connectivity index (χ2n) is 14.3. The SMILES string of the molecule is CC1=N/C(=C\c2ccc(C(c3ccc(C)cc3)c3ccc(C(c4ccc(C#C[Si](C)(C)C)cc4)c4ccc(Br)[nH]4)[nH]3)[nH]2)C(C)(C)C1. The fourth-order valence-electron chi connectivity index (χ4n) is 6.33. The minimum atomic E-state index is -1.45. The Balaban J connectivity index is 1.39. The van der Waals surface area contributed by atoms with Gasteiger partial charge in [0.15, 0.2) is 0 Å². The van der Waals surface area contributed by atoms with Crippen LogP contribution in [0.2, 0.25) is 19.6 Å². The molecule has 2 atom stereocenters. The number of nitrogens with one attached hydrogen (secondary N) is 3. The average Bonchev–Trinajstić information content (AvgIpc) is 3.79. The van der Waals surface area contributed by atoms with Crippen LogP contribution in [0.3, 0.4) is 0 Å². The molecular weight excluding hydrogens is 644 g/mol. The Morgan fingerprint density at radius 3 is 1.83 bits per heavy atom. The quantitative estimate of drug-likeness (QED) is 0.113. The molecule has 1 aliphatic rings. The second-order valence-corrected chi connectivity index (χ2v) is 19.9. The number of rotatable bonds is 7. The lowest BCUT2D eigenvalue weighted by atomic mass is 9.86. The van der Waals surface area contributed by atoms with Gasteiger partial charge in [0, 0.05) is 50.9 Å². The number of H-pyrrole nitrogens is 3. The fourth-order valence-corrected chi connectivity index (χ4v) is 7.21. The molecule has 0 fully saturated rings. The number of hydrogen-bond acceptors (Lipinski definition) is 1. The molecule has 5 aromatic rings. The topological polar surface area (TPSA) is 59.7 Å². The first-order valence-corrected chi connectivity index (χ1v) is 20.3. The first-order chi connectivity index (χ1) is 21.8. The van der Waals surface area contributed by atoms with Crippen LogP contribution in [0.25, 0.3) is 6.08 Å². The van der Waals surface area contributed by atoms with E-state index in [0.29, 0.717) is 0 Å². The molecule has 0 spiro atoms. The van der Waals surface area contributed by atoms with E-state index < -0.39 is 8.07 Å². The van der Waals surface area contributed by atoms with Crippen molar-refractivity contribution in [1.29, 1.82) is 0 Å². The molecule has 3 N–H and O–H groups in total. The van der Waals surface area contributed by atoms with Crippen molar-refractivity contribution >= 4 is 35.8 Å². The van der Waals surface area contributed by atoms with Gasteiger partial charge in [-0.15, -0.1) is 5.54 Å². The number of nitrogens with zero attached hydrogens (tertiary/aromatic N) is 1. The largest absolute Gasteiger partial charge is 0.361 e. The highest BCUT2D eigenvalue weighted by atomic mass is 79.9. The van der Waals surface area contributed by atoms with E-state index in [0.717, 1.165) is 50.8 Å². The monoisotopic (exact) mass is 686 g/mol. The lowest BCUT2D eigenvalue weighted by molar-refractivity contribution is 0.487. The lowest BCUT2D eigenvalue weighted by Crippen LogP contribution is -2.16. The Hall–Kier alpha value is -4.05. The van der Waals surface area contributed by atoms with Crippen LogP contribution in [0.15, 0.2) is 100 Å². The van der Waals surface area contributed by atoms with Gasteiger partial charge in [0.1, 0.15) is 8.07 Å². The van der Waals surface area contributed by atoms with E-state index in [9.17, 15) is 0 Å². The van der Waals surface area contributed by atoms with E-state index in [-0.39, 0.29) is 17.3 Å². The van der Waals surface area contributed by atoms with E-state index in [2.05, 4.69) is 181 Å². The molecule has 0 saturated carbocycles. The van der Waals surface area contributed by atoms with E-state index >= 15 is 0 Å². The maximum absolute atomic E-state index is 4.86. The maximum atomic E-state index is 4.86. The Morgan fingerprint density at radius 2 is 1.28 bits per heavy atom. The minimum Gasteiger partial charge on any atom is -0.361 e. The summed E-state index contributed by atoms with van der Waals surface area (Å²) in [6, 6.07) is 30.7. The van der Waals surface area contributed by atoms with Crippen LogP contribution in [0, 0.1) is 23.8 Å². The summed E-state index contributed by atoms with van der Waals surface area (Å²) >= 11 is 3.64. The van der Waals surface area contributed by atoms with Crippen molar-refractivity contribution in [3.8, 4) is 11.5 Å². The van der Waals surface area contributed by atoms with Crippen molar-refractivity contribution in [2.75, 3.05) is 0 Å². The Bertz CT molecular complexity index is 1960. The van der Waals surface area contributed by atoms with Gasteiger partial charge in [0.05, 0.1) is 16.4 Å². The summed E-state index contributed by atoms with van der Waals surface area (Å²) in [6.45, 7) is 15.6. The zero-order valence-corrected chi connectivity index (χ0v) is 30.4. The molecule has 234 valence electrons. The second kappa shape index (κ2) is 12.6. The summed E-state index contributed by atoms with van der Waals surface area (Å²) in [7, 11) is -1.45. The van der Waals surface area contributed by atoms with Crippen molar-refractivity contribution in [1.82, 2.24) is 15.0 Å². The third-order valence-electron chi connectivity index (χ3n) is 8.61. The maximum Gasteiger partial charge on any atom is 0.129 e. The number of aryl methyl sites for hydroxylation is 1. The predicted octanol–water partition coefficient (Wildman–Crippen LogP) is 10.6. The summed E-state index contributed by atoms with van der Waals surface area (Å²) in [6.07, 6.45) is 3.21. The van der Waals surface area contributed by atoms with Crippen LogP contribution < -0.4 is 0 Å². The van der Waals surface area contributed by atoms with Gasteiger partial charge in [-0.05, 0) is 102 Å². The summed E-state index contributed by atoms with van der Waals surface area (Å²) in [4.78, 5) is 16.0. The molecule has 3 aromatic heterocycles. The zero-order valence-electron chi connectivity index (χ0n) is 27.8. The molecular formula is C40H43BrN4Si. The molecule has 4 heterocycles. The molecule has 4 nitrogen and oxygen atoms in total. The molecule has 0 radical (unpaired) electrons. The number of aromatic nitrogens is 3. The van der Waals surface area contributed by atoms with Crippen LogP contribution in [-0.2, 0) is 0 Å². The van der Waals surface area contributed by atoms with Gasteiger partial charge < -0.3 is 15.0 Å². The Morgan fingerprint density at radius 1 is 0.739 bits per heavy atom. The van der Waals surface area contributed by atoms with Gasteiger partial charge in [-0.2, -0.15) is 0 Å². The average molecular weight is 688 g/mol. The van der Waals surface area contributed by atoms with Crippen LogP contribution in [0.1, 0.15) is 89.8 Å². The van der Waals surface area contributed by atoms with E-state index in [1.807, 2.05) is 0 Å². The van der Waals surface area contributed by atoms with Crippen molar-refractivity contribution in [3.63, 3.8) is 0 Å². The summed E-state index contributed by atoms with van der Waals surface area (Å²) < 4.78 is 0.965. The van der Waals surface area contributed by atoms with Crippen molar-refractivity contribution in [2.45, 2.75) is 65.6 Å². The fraction of sp³-hybridized carbons (Fsp3) is 0.275. The smallest absolute Gasteiger partial charge is 0.129 e. The number of benzene rings is 2. The van der Waals surface area contributed by atoms with Gasteiger partial charge in [0.25, 0.3) is 0 Å². The summed E-state index contributed by atoms with van der Waals surface area (Å²) in [5, 5.41) is 0. The Kier molecular flexibility index (Phi) is 8.76. The van der Waals surface area contributed by atoms with E-state index in [1.165, 1.54) is 22.4 Å². The first kappa shape index (κ1) is 31.9. The van der Waals surface area contributed by atoms with Gasteiger partial charge in [0.2, 0.25) is 0 Å². The molecule has 0 saturated heterocycles.